The molecule has 4 aromatic rings. The molecule has 0 aromatic heterocycles. The van der Waals surface area contributed by atoms with Crippen LogP contribution in [-0.2, 0) is 57.5 Å². The summed E-state index contributed by atoms with van der Waals surface area (Å²) in [4.78, 5) is 170. The molecule has 5 atom stereocenters. The molecule has 0 radical (unpaired) electrons. The van der Waals surface area contributed by atoms with Crippen molar-refractivity contribution in [3.8, 4) is 11.1 Å². The SMILES string of the molecule is CCN(CCN(CC(=O)NCC(=O)N[C@H](C(=O)N[C@@H](CC(=O)N[C@@H](CC(C)C)C(=O)N[C@H](CNC(=O)CCO)C(=O)N[C@@H](C)C(=O)NCC(=O)NCC(N)=O)C(=O)O)C(C)C)C(=O)OCC1c2ccccc2-c2ccccc21)c1ccc(N=Nc2ccc([N+](=O)[O-])cc2)cc1. The number of carboxylic acids is 1. The number of rotatable bonds is 37. The lowest BCUT2D eigenvalue weighted by Crippen LogP contribution is -2.60. The summed E-state index contributed by atoms with van der Waals surface area (Å²) in [5.41, 5.74) is 10.4. The Morgan fingerprint density at radius 2 is 1.19 bits per heavy atom. The number of benzene rings is 4. The van der Waals surface area contributed by atoms with E-state index in [4.69, 9.17) is 10.5 Å². The average Bonchev–Trinajstić information content (AvgIpc) is 1.62. The van der Waals surface area contributed by atoms with Gasteiger partial charge >= 0.3 is 12.1 Å². The Balaban J connectivity index is 1.22. The Kier molecular flexibility index (Phi) is 29.1. The summed E-state index contributed by atoms with van der Waals surface area (Å²) in [5, 5.41) is 60.0. The summed E-state index contributed by atoms with van der Waals surface area (Å²) >= 11 is 0. The van der Waals surface area contributed by atoms with E-state index in [1.807, 2.05) is 60.4 Å². The van der Waals surface area contributed by atoms with Crippen molar-refractivity contribution in [3.63, 3.8) is 0 Å². The van der Waals surface area contributed by atoms with Crippen LogP contribution in [0.2, 0.25) is 0 Å². The molecular weight excluding hydrogens is 1240 g/mol. The Hall–Kier alpha value is -10.9. The molecule has 0 saturated heterocycles. The van der Waals surface area contributed by atoms with E-state index >= 15 is 0 Å². The van der Waals surface area contributed by atoms with Crippen molar-refractivity contribution in [2.45, 2.75) is 96.9 Å². The quantitative estimate of drug-likeness (QED) is 0.0170. The van der Waals surface area contributed by atoms with Gasteiger partial charge in [0.1, 0.15) is 43.4 Å². The van der Waals surface area contributed by atoms with Crippen molar-refractivity contribution in [2.24, 2.45) is 27.8 Å². The van der Waals surface area contributed by atoms with Crippen LogP contribution in [0, 0.1) is 22.0 Å². The highest BCUT2D eigenvalue weighted by Crippen LogP contribution is 2.44. The van der Waals surface area contributed by atoms with E-state index in [-0.39, 0.29) is 50.1 Å². The fourth-order valence-corrected chi connectivity index (χ4v) is 9.72. The number of fused-ring (bicyclic) bond motifs is 3. The molecular formula is C63H81N15O17. The third-order valence-corrected chi connectivity index (χ3v) is 14.7. The fraction of sp³-hybridized carbons (Fsp3) is 0.429. The number of ether oxygens (including phenoxy) is 1. The molecule has 32 nitrogen and oxygen atoms in total. The molecule has 510 valence electrons. The minimum absolute atomic E-state index is 0.0419. The van der Waals surface area contributed by atoms with Gasteiger partial charge in [-0.15, -0.1) is 0 Å². The molecule has 0 bridgehead atoms. The van der Waals surface area contributed by atoms with Gasteiger partial charge in [0.25, 0.3) is 5.69 Å². The number of aliphatic hydroxyl groups excluding tert-OH is 1. The summed E-state index contributed by atoms with van der Waals surface area (Å²) in [7, 11) is 0. The molecule has 0 spiro atoms. The standard InChI is InChI=1S/C63H81N15O17/c1-7-76(41-20-16-39(17-21-41)74-75-40-18-22-42(23-19-40)78(93)94)25-26-77(63(92)95-35-47-45-14-10-8-12-43(45)44-13-9-11-15-46(44)47)34-56(85)67-33-55(84)73-57(37(4)5)61(89)71-49(62(90)91)29-53(82)70-48(28-36(2)3)59(87)72-50(30-65-52(81)24-27-79)60(88)69-38(6)58(86)68-32-54(83)66-31-51(64)80/h8-23,36-38,47-50,57,79H,7,24-35H2,1-6H3,(H2,64,80)(H,65,81)(H,66,83)(H,67,85)(H,68,86)(H,69,88)(H,70,82)(H,71,89)(H,72,87)(H,73,84)(H,90,91)/t38-,48-,49-,50+,57-/m0/s1. The minimum Gasteiger partial charge on any atom is -0.480 e. The number of amides is 11. The first-order valence-electron chi connectivity index (χ1n) is 30.5. The number of hydrogen-bond donors (Lipinski definition) is 12. The highest BCUT2D eigenvalue weighted by atomic mass is 16.6. The maximum Gasteiger partial charge on any atom is 0.410 e. The first-order valence-corrected chi connectivity index (χ1v) is 30.5. The number of hydrogen-bond acceptors (Lipinski definition) is 19. The highest BCUT2D eigenvalue weighted by molar-refractivity contribution is 5.97. The second kappa shape index (κ2) is 36.9. The minimum atomic E-state index is -1.94. The first-order chi connectivity index (χ1) is 45.2. The Labute approximate surface area is 546 Å². The second-order valence-electron chi connectivity index (χ2n) is 22.7. The number of anilines is 1. The van der Waals surface area contributed by atoms with Gasteiger partial charge in [-0.1, -0.05) is 76.2 Å². The zero-order valence-corrected chi connectivity index (χ0v) is 53.4. The number of nitrogens with zero attached hydrogens (tertiary/aromatic N) is 5. The smallest absolute Gasteiger partial charge is 0.410 e. The van der Waals surface area contributed by atoms with Crippen molar-refractivity contribution in [1.29, 1.82) is 0 Å². The van der Waals surface area contributed by atoms with Crippen LogP contribution in [0.25, 0.3) is 11.1 Å². The second-order valence-corrected chi connectivity index (χ2v) is 22.7. The third kappa shape index (κ3) is 23.9. The van der Waals surface area contributed by atoms with Crippen LogP contribution >= 0.6 is 0 Å². The van der Waals surface area contributed by atoms with Crippen molar-refractivity contribution in [2.75, 3.05) is 70.5 Å². The van der Waals surface area contributed by atoms with Gasteiger partial charge < -0.3 is 73.4 Å². The number of azo groups is 1. The number of nitrogens with one attached hydrogen (secondary N) is 9. The zero-order chi connectivity index (χ0) is 69.9. The monoisotopic (exact) mass is 1320 g/mol. The van der Waals surface area contributed by atoms with Crippen LogP contribution in [-0.4, -0.2) is 187 Å². The Morgan fingerprint density at radius 1 is 0.621 bits per heavy atom. The van der Waals surface area contributed by atoms with Gasteiger partial charge in [-0.2, -0.15) is 10.2 Å². The van der Waals surface area contributed by atoms with Crippen molar-refractivity contribution < 1.29 is 77.4 Å². The van der Waals surface area contributed by atoms with Crippen LogP contribution < -0.4 is 58.5 Å². The number of aliphatic carboxylic acids is 1. The number of carbonyl (C=O) groups is 12. The molecule has 1 aliphatic carbocycles. The summed E-state index contributed by atoms with van der Waals surface area (Å²) < 4.78 is 5.96. The lowest BCUT2D eigenvalue weighted by atomic mass is 9.98. The molecule has 0 unspecified atom stereocenters. The zero-order valence-electron chi connectivity index (χ0n) is 53.4. The summed E-state index contributed by atoms with van der Waals surface area (Å²) in [6, 6.07) is 20.3. The average molecular weight is 1320 g/mol. The van der Waals surface area contributed by atoms with E-state index in [0.29, 0.717) is 17.9 Å². The van der Waals surface area contributed by atoms with Crippen LogP contribution in [0.4, 0.5) is 27.5 Å². The summed E-state index contributed by atoms with van der Waals surface area (Å²) in [5.74, 6) is -12.0. The van der Waals surface area contributed by atoms with Gasteiger partial charge in [-0.05, 0) is 90.8 Å². The number of non-ortho nitro benzene ring substituents is 1. The van der Waals surface area contributed by atoms with Crippen molar-refractivity contribution >= 4 is 93.9 Å². The molecule has 0 saturated carbocycles. The highest BCUT2D eigenvalue weighted by Gasteiger charge is 2.35. The van der Waals surface area contributed by atoms with Crippen molar-refractivity contribution in [3.05, 3.63) is 118 Å². The van der Waals surface area contributed by atoms with Gasteiger partial charge in [0.15, 0.2) is 0 Å². The van der Waals surface area contributed by atoms with Crippen LogP contribution in [0.3, 0.4) is 0 Å². The van der Waals surface area contributed by atoms with Crippen molar-refractivity contribution in [1.82, 2.24) is 52.8 Å². The number of carboxylic acid groups (broad SMARTS) is 1. The lowest BCUT2D eigenvalue weighted by Gasteiger charge is -2.28. The Bertz CT molecular complexity index is 3390. The van der Waals surface area contributed by atoms with Gasteiger partial charge in [0, 0.05) is 56.3 Å². The first kappa shape index (κ1) is 74.8. The summed E-state index contributed by atoms with van der Waals surface area (Å²) in [6.07, 6.45) is -2.24. The van der Waals surface area contributed by atoms with E-state index in [1.165, 1.54) is 49.9 Å². The molecule has 4 aromatic carbocycles. The van der Waals surface area contributed by atoms with E-state index in [0.717, 1.165) is 27.9 Å². The molecule has 95 heavy (non-hydrogen) atoms. The van der Waals surface area contributed by atoms with Crippen LogP contribution in [0.15, 0.2) is 107 Å². The van der Waals surface area contributed by atoms with E-state index in [2.05, 4.69) is 58.1 Å². The molecule has 0 fully saturated rings. The molecule has 0 aliphatic heterocycles. The number of nitro benzene ring substituents is 1. The molecule has 0 heterocycles. The number of carbonyl (C=O) groups excluding carboxylic acids is 11. The van der Waals surface area contributed by atoms with Gasteiger partial charge in [0.05, 0.1) is 49.0 Å². The maximum atomic E-state index is 14.1. The number of aliphatic hydroxyl groups is 1. The molecule has 32 heteroatoms. The topological polar surface area (TPSA) is 463 Å². The number of nitro groups is 1. The lowest BCUT2D eigenvalue weighted by molar-refractivity contribution is -0.384. The maximum absolute atomic E-state index is 14.1. The molecule has 11 amide bonds. The van der Waals surface area contributed by atoms with Gasteiger partial charge in [0.2, 0.25) is 59.1 Å². The Morgan fingerprint density at radius 3 is 1.75 bits per heavy atom. The van der Waals surface area contributed by atoms with Gasteiger partial charge in [-0.25, -0.2) is 9.59 Å². The largest absolute Gasteiger partial charge is 0.480 e. The molecule has 5 rings (SSSR count). The number of nitrogens with two attached hydrogens (primary N) is 1. The van der Waals surface area contributed by atoms with Gasteiger partial charge in [-0.3, -0.25) is 63.0 Å². The number of primary amides is 1. The van der Waals surface area contributed by atoms with E-state index in [9.17, 15) is 77.9 Å². The number of likely N-dealkylation sites (N-methyl/N-ethyl adjacent to an activating group) is 1. The molecule has 1 aliphatic rings. The molecule has 13 N–H and O–H groups in total. The third-order valence-electron chi connectivity index (χ3n) is 14.7. The van der Waals surface area contributed by atoms with E-state index in [1.54, 1.807) is 38.1 Å². The predicted molar refractivity (Wildman–Crippen MR) is 343 cm³/mol. The summed E-state index contributed by atoms with van der Waals surface area (Å²) in [6.45, 7) is 6.60. The van der Waals surface area contributed by atoms with Crippen LogP contribution in [0.1, 0.15) is 77.8 Å². The predicted octanol–water partition coefficient (Wildman–Crippen LogP) is 1.04. The van der Waals surface area contributed by atoms with Crippen LogP contribution in [0.5, 0.6) is 0 Å². The van der Waals surface area contributed by atoms with E-state index < -0.39 is 158 Å². The normalized spacial score (nSPS) is 13.1. The fourth-order valence-electron chi connectivity index (χ4n) is 9.72.